The second-order valence-corrected chi connectivity index (χ2v) is 7.67. The predicted molar refractivity (Wildman–Crippen MR) is 115 cm³/mol. The fourth-order valence-corrected chi connectivity index (χ4v) is 3.75. The molecule has 0 saturated heterocycles. The van der Waals surface area contributed by atoms with Crippen molar-refractivity contribution >= 4 is 28.4 Å². The Bertz CT molecular complexity index is 1190. The predicted octanol–water partition coefficient (Wildman–Crippen LogP) is 6.23. The van der Waals surface area contributed by atoms with Gasteiger partial charge in [0.15, 0.2) is 5.78 Å². The smallest absolute Gasteiger partial charge is 0.167 e. The van der Waals surface area contributed by atoms with Gasteiger partial charge < -0.3 is 4.98 Å². The van der Waals surface area contributed by atoms with Gasteiger partial charge in [-0.2, -0.15) is 0 Å². The number of carbonyl (C=O) groups is 1. The van der Waals surface area contributed by atoms with Crippen LogP contribution in [0.2, 0.25) is 5.02 Å². The van der Waals surface area contributed by atoms with Crippen molar-refractivity contribution in [3.8, 4) is 11.4 Å². The number of aromatic nitrogens is 2. The largest absolute Gasteiger partial charge is 0.338 e. The van der Waals surface area contributed by atoms with Crippen LogP contribution in [0.15, 0.2) is 54.6 Å². The highest BCUT2D eigenvalue weighted by molar-refractivity contribution is 6.33. The van der Waals surface area contributed by atoms with E-state index in [-0.39, 0.29) is 5.78 Å². The van der Waals surface area contributed by atoms with Gasteiger partial charge >= 0.3 is 0 Å². The molecule has 1 heterocycles. The molecule has 1 aromatic heterocycles. The standard InChI is InChI=1S/C24H21ClN2O/c1-14-7-8-17(11-16(14)3)12-22(28)18-9-10-20-21(13-18)27-24(26-20)23-15(2)5-4-6-19(23)25/h4-11,13H,12H2,1-3H3,(H,26,27). The van der Waals surface area contributed by atoms with Gasteiger partial charge in [-0.15, -0.1) is 0 Å². The van der Waals surface area contributed by atoms with E-state index in [1.165, 1.54) is 11.1 Å². The Kier molecular flexibility index (Phi) is 4.78. The molecule has 4 aromatic rings. The van der Waals surface area contributed by atoms with Crippen molar-refractivity contribution in [2.24, 2.45) is 0 Å². The molecule has 0 saturated carbocycles. The second-order valence-electron chi connectivity index (χ2n) is 7.27. The zero-order valence-corrected chi connectivity index (χ0v) is 16.9. The Morgan fingerprint density at radius 3 is 2.54 bits per heavy atom. The number of benzene rings is 3. The van der Waals surface area contributed by atoms with E-state index >= 15 is 0 Å². The van der Waals surface area contributed by atoms with Gasteiger partial charge in [0.25, 0.3) is 0 Å². The molecule has 140 valence electrons. The summed E-state index contributed by atoms with van der Waals surface area (Å²) in [4.78, 5) is 20.8. The van der Waals surface area contributed by atoms with Crippen LogP contribution < -0.4 is 0 Å². The van der Waals surface area contributed by atoms with Gasteiger partial charge in [-0.25, -0.2) is 4.98 Å². The molecule has 0 aliphatic rings. The molecule has 4 heteroatoms. The molecule has 0 bridgehead atoms. The van der Waals surface area contributed by atoms with Gasteiger partial charge in [0, 0.05) is 17.5 Å². The molecule has 3 aromatic carbocycles. The lowest BCUT2D eigenvalue weighted by Crippen LogP contribution is -2.04. The van der Waals surface area contributed by atoms with Crippen molar-refractivity contribution in [2.75, 3.05) is 0 Å². The van der Waals surface area contributed by atoms with E-state index in [1.54, 1.807) is 0 Å². The highest BCUT2D eigenvalue weighted by atomic mass is 35.5. The molecule has 0 aliphatic carbocycles. The van der Waals surface area contributed by atoms with Gasteiger partial charge in [-0.05, 0) is 67.3 Å². The summed E-state index contributed by atoms with van der Waals surface area (Å²) in [6, 6.07) is 17.6. The fraction of sp³-hybridized carbons (Fsp3) is 0.167. The van der Waals surface area contributed by atoms with E-state index in [9.17, 15) is 4.79 Å². The topological polar surface area (TPSA) is 45.8 Å². The third kappa shape index (κ3) is 3.46. The van der Waals surface area contributed by atoms with Crippen molar-refractivity contribution in [1.82, 2.24) is 9.97 Å². The van der Waals surface area contributed by atoms with E-state index in [2.05, 4.69) is 35.9 Å². The fourth-order valence-electron chi connectivity index (χ4n) is 3.43. The minimum atomic E-state index is 0.0928. The molecule has 1 N–H and O–H groups in total. The number of aromatic amines is 1. The molecular formula is C24H21ClN2O. The van der Waals surface area contributed by atoms with E-state index in [4.69, 9.17) is 11.6 Å². The number of Topliss-reactive ketones (excluding diaryl/α,β-unsaturated/α-hetero) is 1. The summed E-state index contributed by atoms with van der Waals surface area (Å²) in [5.74, 6) is 0.812. The molecule has 0 spiro atoms. The maximum atomic E-state index is 12.8. The van der Waals surface area contributed by atoms with E-state index in [0.29, 0.717) is 17.0 Å². The van der Waals surface area contributed by atoms with Gasteiger partial charge in [-0.1, -0.05) is 41.9 Å². The summed E-state index contributed by atoms with van der Waals surface area (Å²) in [6.45, 7) is 6.15. The van der Waals surface area contributed by atoms with Crippen LogP contribution in [0.3, 0.4) is 0 Å². The number of imidazole rings is 1. The molecular weight excluding hydrogens is 368 g/mol. The minimum absolute atomic E-state index is 0.0928. The third-order valence-electron chi connectivity index (χ3n) is 5.20. The number of hydrogen-bond acceptors (Lipinski definition) is 2. The van der Waals surface area contributed by atoms with Crippen LogP contribution in [0.5, 0.6) is 0 Å². The summed E-state index contributed by atoms with van der Waals surface area (Å²) >= 11 is 6.37. The van der Waals surface area contributed by atoms with Crippen LogP contribution in [-0.2, 0) is 6.42 Å². The van der Waals surface area contributed by atoms with Crippen molar-refractivity contribution < 1.29 is 4.79 Å². The Labute approximate surface area is 169 Å². The van der Waals surface area contributed by atoms with Crippen molar-refractivity contribution in [1.29, 1.82) is 0 Å². The molecule has 4 rings (SSSR count). The van der Waals surface area contributed by atoms with E-state index in [1.807, 2.05) is 49.4 Å². The van der Waals surface area contributed by atoms with Crippen LogP contribution in [-0.4, -0.2) is 15.8 Å². The minimum Gasteiger partial charge on any atom is -0.338 e. The first kappa shape index (κ1) is 18.5. The summed E-state index contributed by atoms with van der Waals surface area (Å²) < 4.78 is 0. The average Bonchev–Trinajstić information content (AvgIpc) is 3.07. The number of aryl methyl sites for hydroxylation is 3. The third-order valence-corrected chi connectivity index (χ3v) is 5.51. The maximum absolute atomic E-state index is 12.8. The second kappa shape index (κ2) is 7.25. The zero-order chi connectivity index (χ0) is 19.8. The summed E-state index contributed by atoms with van der Waals surface area (Å²) in [7, 11) is 0. The Hall–Kier alpha value is -2.91. The number of nitrogens with zero attached hydrogens (tertiary/aromatic N) is 1. The molecule has 3 nitrogen and oxygen atoms in total. The molecule has 0 radical (unpaired) electrons. The van der Waals surface area contributed by atoms with Crippen LogP contribution in [0.25, 0.3) is 22.4 Å². The maximum Gasteiger partial charge on any atom is 0.167 e. The lowest BCUT2D eigenvalue weighted by molar-refractivity contribution is 0.0993. The number of ketones is 1. The lowest BCUT2D eigenvalue weighted by atomic mass is 9.99. The number of nitrogens with one attached hydrogen (secondary N) is 1. The number of hydrogen-bond donors (Lipinski definition) is 1. The quantitative estimate of drug-likeness (QED) is 0.421. The number of carbonyl (C=O) groups excluding carboxylic acids is 1. The number of H-pyrrole nitrogens is 1. The van der Waals surface area contributed by atoms with E-state index in [0.717, 1.165) is 33.5 Å². The molecule has 0 amide bonds. The van der Waals surface area contributed by atoms with Gasteiger partial charge in [-0.3, -0.25) is 4.79 Å². The Morgan fingerprint density at radius 2 is 1.79 bits per heavy atom. The van der Waals surface area contributed by atoms with Crippen LogP contribution in [0, 0.1) is 20.8 Å². The van der Waals surface area contributed by atoms with E-state index < -0.39 is 0 Å². The molecule has 0 atom stereocenters. The zero-order valence-electron chi connectivity index (χ0n) is 16.1. The Morgan fingerprint density at radius 1 is 0.964 bits per heavy atom. The van der Waals surface area contributed by atoms with Crippen molar-refractivity contribution in [3.63, 3.8) is 0 Å². The number of halogens is 1. The first-order valence-electron chi connectivity index (χ1n) is 9.27. The molecule has 28 heavy (non-hydrogen) atoms. The van der Waals surface area contributed by atoms with Gasteiger partial charge in [0.05, 0.1) is 16.1 Å². The number of rotatable bonds is 4. The highest BCUT2D eigenvalue weighted by Gasteiger charge is 2.14. The SMILES string of the molecule is Cc1ccc(CC(=O)c2ccc3nc(-c4c(C)cccc4Cl)[nH]c3c2)cc1C. The summed E-state index contributed by atoms with van der Waals surface area (Å²) in [5.41, 5.74) is 7.74. The van der Waals surface area contributed by atoms with Gasteiger partial charge in [0.2, 0.25) is 0 Å². The molecule has 0 fully saturated rings. The lowest BCUT2D eigenvalue weighted by Gasteiger charge is -2.05. The first-order chi connectivity index (χ1) is 13.4. The highest BCUT2D eigenvalue weighted by Crippen LogP contribution is 2.30. The summed E-state index contributed by atoms with van der Waals surface area (Å²) in [6.07, 6.45) is 0.386. The van der Waals surface area contributed by atoms with Gasteiger partial charge in [0.1, 0.15) is 5.82 Å². The average molecular weight is 389 g/mol. The first-order valence-corrected chi connectivity index (χ1v) is 9.65. The van der Waals surface area contributed by atoms with Crippen molar-refractivity contribution in [3.05, 3.63) is 87.4 Å². The normalized spacial score (nSPS) is 11.1. The van der Waals surface area contributed by atoms with Crippen LogP contribution >= 0.6 is 11.6 Å². The van der Waals surface area contributed by atoms with Crippen molar-refractivity contribution in [2.45, 2.75) is 27.2 Å². The Balaban J connectivity index is 1.66. The van der Waals surface area contributed by atoms with Crippen LogP contribution in [0.1, 0.15) is 32.6 Å². The molecule has 0 aliphatic heterocycles. The van der Waals surface area contributed by atoms with Crippen LogP contribution in [0.4, 0.5) is 0 Å². The number of fused-ring (bicyclic) bond motifs is 1. The summed E-state index contributed by atoms with van der Waals surface area (Å²) in [5, 5.41) is 0.657. The monoisotopic (exact) mass is 388 g/mol. The molecule has 0 unspecified atom stereocenters.